The van der Waals surface area contributed by atoms with Gasteiger partial charge in [-0.1, -0.05) is 18.2 Å². The molecule has 0 unspecified atom stereocenters. The number of hydrogen-bond donors (Lipinski definition) is 2. The van der Waals surface area contributed by atoms with Crippen molar-refractivity contribution in [3.63, 3.8) is 0 Å². The lowest BCUT2D eigenvalue weighted by Crippen LogP contribution is -2.44. The first kappa shape index (κ1) is 15.5. The highest BCUT2D eigenvalue weighted by Gasteiger charge is 2.19. The summed E-state index contributed by atoms with van der Waals surface area (Å²) in [6.07, 6.45) is 0.848. The van der Waals surface area contributed by atoms with Crippen LogP contribution in [0.1, 0.15) is 32.3 Å². The third-order valence-corrected chi connectivity index (χ3v) is 2.89. The van der Waals surface area contributed by atoms with Gasteiger partial charge >= 0.3 is 0 Å². The van der Waals surface area contributed by atoms with Crippen molar-refractivity contribution in [1.82, 2.24) is 5.32 Å². The summed E-state index contributed by atoms with van der Waals surface area (Å²) in [6.45, 7) is 6.17. The molecule has 0 aliphatic rings. The van der Waals surface area contributed by atoms with Gasteiger partial charge in [0.1, 0.15) is 5.75 Å². The van der Waals surface area contributed by atoms with Gasteiger partial charge in [-0.3, -0.25) is 4.79 Å². The standard InChI is InChI=1S/C15H23NO3/c1-12-6-4-5-7-13(12)19-11-8-14(18)16-15(2,3)9-10-17/h4-7,17H,8-11H2,1-3H3,(H,16,18). The van der Waals surface area contributed by atoms with Crippen molar-refractivity contribution in [3.05, 3.63) is 29.8 Å². The molecule has 106 valence electrons. The molecular formula is C15H23NO3. The van der Waals surface area contributed by atoms with Crippen molar-refractivity contribution in [1.29, 1.82) is 0 Å². The second-order valence-corrected chi connectivity index (χ2v) is 5.27. The Bertz CT molecular complexity index is 416. The highest BCUT2D eigenvalue weighted by molar-refractivity contribution is 5.76. The highest BCUT2D eigenvalue weighted by Crippen LogP contribution is 2.16. The molecule has 0 aliphatic heterocycles. The second kappa shape index (κ2) is 7.14. The van der Waals surface area contributed by atoms with Gasteiger partial charge in [0.2, 0.25) is 5.91 Å². The van der Waals surface area contributed by atoms with Crippen molar-refractivity contribution in [3.8, 4) is 5.75 Å². The smallest absolute Gasteiger partial charge is 0.223 e. The van der Waals surface area contributed by atoms with E-state index in [1.54, 1.807) is 0 Å². The van der Waals surface area contributed by atoms with Crippen LogP contribution in [0.3, 0.4) is 0 Å². The van der Waals surface area contributed by atoms with E-state index in [-0.39, 0.29) is 18.1 Å². The summed E-state index contributed by atoms with van der Waals surface area (Å²) in [5, 5.41) is 11.8. The van der Waals surface area contributed by atoms with Crippen molar-refractivity contribution in [2.24, 2.45) is 0 Å². The van der Waals surface area contributed by atoms with Crippen LogP contribution in [-0.4, -0.2) is 29.8 Å². The van der Waals surface area contributed by atoms with Crippen LogP contribution in [-0.2, 0) is 4.79 Å². The Kier molecular flexibility index (Phi) is 5.83. The van der Waals surface area contributed by atoms with Gasteiger partial charge in [0.05, 0.1) is 13.0 Å². The molecule has 0 heterocycles. The Labute approximate surface area is 114 Å². The Morgan fingerprint density at radius 1 is 1.37 bits per heavy atom. The third-order valence-electron chi connectivity index (χ3n) is 2.89. The molecule has 0 saturated carbocycles. The molecule has 1 aromatic rings. The minimum absolute atomic E-state index is 0.0625. The zero-order valence-electron chi connectivity index (χ0n) is 11.9. The number of aliphatic hydroxyl groups excluding tert-OH is 1. The van der Waals surface area contributed by atoms with Gasteiger partial charge < -0.3 is 15.2 Å². The van der Waals surface area contributed by atoms with Gasteiger partial charge in [0, 0.05) is 12.1 Å². The summed E-state index contributed by atoms with van der Waals surface area (Å²) in [4.78, 5) is 11.7. The summed E-state index contributed by atoms with van der Waals surface area (Å²) in [5.74, 6) is 0.747. The number of carbonyl (C=O) groups excluding carboxylic acids is 1. The topological polar surface area (TPSA) is 58.6 Å². The Morgan fingerprint density at radius 2 is 2.05 bits per heavy atom. The number of benzene rings is 1. The molecular weight excluding hydrogens is 242 g/mol. The van der Waals surface area contributed by atoms with E-state index in [0.29, 0.717) is 19.4 Å². The predicted molar refractivity (Wildman–Crippen MR) is 75.2 cm³/mol. The van der Waals surface area contributed by atoms with Crippen LogP contribution in [0.2, 0.25) is 0 Å². The fourth-order valence-electron chi connectivity index (χ4n) is 1.75. The molecule has 0 aliphatic carbocycles. The summed E-state index contributed by atoms with van der Waals surface area (Å²) >= 11 is 0. The maximum atomic E-state index is 11.7. The number of para-hydroxylation sites is 1. The zero-order chi connectivity index (χ0) is 14.3. The van der Waals surface area contributed by atoms with E-state index in [4.69, 9.17) is 9.84 Å². The first-order valence-corrected chi connectivity index (χ1v) is 6.55. The SMILES string of the molecule is Cc1ccccc1OCCC(=O)NC(C)(C)CCO. The molecule has 0 spiro atoms. The van der Waals surface area contributed by atoms with E-state index in [0.717, 1.165) is 11.3 Å². The number of ether oxygens (including phenoxy) is 1. The first-order valence-electron chi connectivity index (χ1n) is 6.55. The highest BCUT2D eigenvalue weighted by atomic mass is 16.5. The molecule has 0 aromatic heterocycles. The Morgan fingerprint density at radius 3 is 2.68 bits per heavy atom. The van der Waals surface area contributed by atoms with Crippen molar-refractivity contribution >= 4 is 5.91 Å². The van der Waals surface area contributed by atoms with Gasteiger partial charge in [-0.25, -0.2) is 0 Å². The summed E-state index contributed by atoms with van der Waals surface area (Å²) in [6, 6.07) is 7.72. The molecule has 0 atom stereocenters. The number of nitrogens with one attached hydrogen (secondary N) is 1. The maximum Gasteiger partial charge on any atom is 0.223 e. The van der Waals surface area contributed by atoms with Crippen LogP contribution in [0.5, 0.6) is 5.75 Å². The van der Waals surface area contributed by atoms with Crippen LogP contribution in [0, 0.1) is 6.92 Å². The minimum atomic E-state index is -0.380. The Hall–Kier alpha value is -1.55. The van der Waals surface area contributed by atoms with Crippen molar-refractivity contribution < 1.29 is 14.6 Å². The lowest BCUT2D eigenvalue weighted by atomic mass is 10.0. The largest absolute Gasteiger partial charge is 0.493 e. The van der Waals surface area contributed by atoms with Crippen molar-refractivity contribution in [2.45, 2.75) is 39.2 Å². The number of carbonyl (C=O) groups is 1. The fraction of sp³-hybridized carbons (Fsp3) is 0.533. The normalized spacial score (nSPS) is 11.2. The molecule has 4 nitrogen and oxygen atoms in total. The number of aliphatic hydroxyl groups is 1. The molecule has 4 heteroatoms. The second-order valence-electron chi connectivity index (χ2n) is 5.27. The van der Waals surface area contributed by atoms with E-state index >= 15 is 0 Å². The van der Waals surface area contributed by atoms with E-state index in [9.17, 15) is 4.79 Å². The molecule has 2 N–H and O–H groups in total. The van der Waals surface area contributed by atoms with E-state index in [2.05, 4.69) is 5.32 Å². The van der Waals surface area contributed by atoms with Crippen LogP contribution in [0.4, 0.5) is 0 Å². The van der Waals surface area contributed by atoms with Crippen LogP contribution >= 0.6 is 0 Å². The quantitative estimate of drug-likeness (QED) is 0.793. The summed E-state index contributed by atoms with van der Waals surface area (Å²) < 4.78 is 5.57. The van der Waals surface area contributed by atoms with Crippen molar-refractivity contribution in [2.75, 3.05) is 13.2 Å². The minimum Gasteiger partial charge on any atom is -0.493 e. The van der Waals surface area contributed by atoms with Crippen LogP contribution in [0.15, 0.2) is 24.3 Å². The molecule has 1 amide bonds. The van der Waals surface area contributed by atoms with Gasteiger partial charge in [0.25, 0.3) is 0 Å². The number of aryl methyl sites for hydroxylation is 1. The van der Waals surface area contributed by atoms with Gasteiger partial charge in [-0.2, -0.15) is 0 Å². The fourth-order valence-corrected chi connectivity index (χ4v) is 1.75. The zero-order valence-corrected chi connectivity index (χ0v) is 11.9. The average molecular weight is 265 g/mol. The summed E-state index contributed by atoms with van der Waals surface area (Å²) in [5.41, 5.74) is 0.678. The molecule has 0 radical (unpaired) electrons. The van der Waals surface area contributed by atoms with Gasteiger partial charge in [0.15, 0.2) is 0 Å². The van der Waals surface area contributed by atoms with Crippen LogP contribution < -0.4 is 10.1 Å². The molecule has 1 rings (SSSR count). The Balaban J connectivity index is 2.33. The number of rotatable bonds is 7. The maximum absolute atomic E-state index is 11.7. The third kappa shape index (κ3) is 5.75. The lowest BCUT2D eigenvalue weighted by Gasteiger charge is -2.25. The van der Waals surface area contributed by atoms with E-state index in [1.165, 1.54) is 0 Å². The molecule has 0 bridgehead atoms. The lowest BCUT2D eigenvalue weighted by molar-refractivity contribution is -0.123. The number of amides is 1. The van der Waals surface area contributed by atoms with E-state index < -0.39 is 0 Å². The van der Waals surface area contributed by atoms with Gasteiger partial charge in [-0.15, -0.1) is 0 Å². The summed E-state index contributed by atoms with van der Waals surface area (Å²) in [7, 11) is 0. The first-order chi connectivity index (χ1) is 8.94. The molecule has 1 aromatic carbocycles. The van der Waals surface area contributed by atoms with Gasteiger partial charge in [-0.05, 0) is 38.8 Å². The molecule has 0 saturated heterocycles. The molecule has 0 fully saturated rings. The average Bonchev–Trinajstić information content (AvgIpc) is 2.30. The van der Waals surface area contributed by atoms with E-state index in [1.807, 2.05) is 45.0 Å². The monoisotopic (exact) mass is 265 g/mol. The number of hydrogen-bond acceptors (Lipinski definition) is 3. The van der Waals surface area contributed by atoms with Crippen LogP contribution in [0.25, 0.3) is 0 Å². The molecule has 19 heavy (non-hydrogen) atoms. The predicted octanol–water partition coefficient (Wildman–Crippen LogP) is 2.04.